The normalized spacial score (nSPS) is 30.6. The summed E-state index contributed by atoms with van der Waals surface area (Å²) < 4.78 is 144. The van der Waals surface area contributed by atoms with Crippen LogP contribution in [0.3, 0.4) is 0 Å². The maximum Gasteiger partial charge on any atom is 0.427 e. The minimum absolute atomic E-state index is 0.00945. The Morgan fingerprint density at radius 3 is 2.48 bits per heavy atom. The summed E-state index contributed by atoms with van der Waals surface area (Å²) in [6.07, 6.45) is -12.1. The van der Waals surface area contributed by atoms with Crippen LogP contribution >= 0.6 is 0 Å². The molecule has 1 aliphatic carbocycles. The smallest absolute Gasteiger partial charge is 0.427 e. The molecule has 10 nitrogen and oxygen atoms in total. The number of nitrogens with zero attached hydrogens (tertiary/aromatic N) is 6. The monoisotopic (exact) mass is 690 g/mol. The van der Waals surface area contributed by atoms with Gasteiger partial charge in [-0.05, 0) is 32.9 Å². The molecule has 19 heteroatoms. The standard InChI is InChI=1S/C29H27F9N8O2/c1-10-17(28(33,34)35)12(5-15(39)40-10)19-18(30)20-16-23(44-25(43-20)47-7-14-26(9-45(14)2)8-27(26,31)32)46-6-11-3-4-13(41-11)21(46)22(29(36,37)38)48-24(16)42-19/h5,11,13-14,21-22,41H,3-4,6-9H2,1-2H3,(H2,39,40)/t11-,13+,14-,21+,22?,26-/m1/s1. The van der Waals surface area contributed by atoms with E-state index in [0.717, 1.165) is 6.92 Å². The topological polar surface area (TPSA) is 115 Å². The van der Waals surface area contributed by atoms with Crippen molar-refractivity contribution in [3.63, 3.8) is 0 Å². The largest absolute Gasteiger partial charge is 0.462 e. The molecule has 0 amide bonds. The van der Waals surface area contributed by atoms with Gasteiger partial charge < -0.3 is 25.4 Å². The van der Waals surface area contributed by atoms with Crippen LogP contribution in [0.2, 0.25) is 0 Å². The van der Waals surface area contributed by atoms with Gasteiger partial charge in [0.25, 0.3) is 5.92 Å². The van der Waals surface area contributed by atoms with Crippen molar-refractivity contribution in [1.82, 2.24) is 30.2 Å². The number of rotatable bonds is 4. The molecule has 6 atom stereocenters. The van der Waals surface area contributed by atoms with Gasteiger partial charge in [-0.1, -0.05) is 0 Å². The number of piperazine rings is 1. The zero-order valence-electron chi connectivity index (χ0n) is 25.2. The number of aryl methyl sites for hydroxylation is 1. The van der Waals surface area contributed by atoms with E-state index in [1.165, 1.54) is 4.90 Å². The number of likely N-dealkylation sites (tertiary alicyclic amines) is 1. The molecule has 7 heterocycles. The minimum Gasteiger partial charge on any atom is -0.462 e. The molecule has 1 saturated carbocycles. The van der Waals surface area contributed by atoms with Crippen molar-refractivity contribution >= 4 is 22.5 Å². The highest BCUT2D eigenvalue weighted by atomic mass is 19.4. The molecule has 1 unspecified atom stereocenters. The number of aromatic nitrogens is 4. The maximum atomic E-state index is 16.7. The van der Waals surface area contributed by atoms with Crippen LogP contribution in [0.5, 0.6) is 11.9 Å². The number of anilines is 2. The fourth-order valence-electron chi connectivity index (χ4n) is 8.07. The number of fused-ring (bicyclic) bond motifs is 5. The van der Waals surface area contributed by atoms with Crippen molar-refractivity contribution in [2.45, 2.75) is 74.7 Å². The molecule has 48 heavy (non-hydrogen) atoms. The van der Waals surface area contributed by atoms with Gasteiger partial charge in [0.15, 0.2) is 5.82 Å². The second kappa shape index (κ2) is 9.86. The number of nitrogen functional groups attached to an aromatic ring is 1. The fourth-order valence-corrected chi connectivity index (χ4v) is 8.07. The van der Waals surface area contributed by atoms with Crippen LogP contribution in [-0.2, 0) is 6.18 Å². The van der Waals surface area contributed by atoms with Crippen molar-refractivity contribution in [1.29, 1.82) is 0 Å². The predicted octanol–water partition coefficient (Wildman–Crippen LogP) is 4.49. The number of pyridine rings is 2. The van der Waals surface area contributed by atoms with Crippen LogP contribution in [0.1, 0.15) is 30.5 Å². The van der Waals surface area contributed by atoms with Gasteiger partial charge in [0, 0.05) is 37.2 Å². The molecule has 3 aromatic heterocycles. The highest BCUT2D eigenvalue weighted by Crippen LogP contribution is 2.68. The van der Waals surface area contributed by atoms with Gasteiger partial charge in [-0.3, -0.25) is 4.90 Å². The van der Waals surface area contributed by atoms with Crippen LogP contribution in [0.15, 0.2) is 6.07 Å². The lowest BCUT2D eigenvalue weighted by Crippen LogP contribution is -2.66. The first kappa shape index (κ1) is 31.4. The van der Waals surface area contributed by atoms with Crippen molar-refractivity contribution < 1.29 is 49.0 Å². The first-order chi connectivity index (χ1) is 22.4. The van der Waals surface area contributed by atoms with E-state index in [0.29, 0.717) is 18.9 Å². The van der Waals surface area contributed by atoms with Gasteiger partial charge in [0.1, 0.15) is 34.8 Å². The molecule has 3 N–H and O–H groups in total. The zero-order chi connectivity index (χ0) is 34.3. The second-order valence-electron chi connectivity index (χ2n) is 13.2. The summed E-state index contributed by atoms with van der Waals surface area (Å²) in [6, 6.07) is -3.06. The highest BCUT2D eigenvalue weighted by Gasteiger charge is 2.79. The van der Waals surface area contributed by atoms with Crippen molar-refractivity contribution in [3.8, 4) is 23.1 Å². The number of likely N-dealkylation sites (N-methyl/N-ethyl adjacent to an activating group) is 1. The summed E-state index contributed by atoms with van der Waals surface area (Å²) in [5.74, 6) is -5.85. The summed E-state index contributed by atoms with van der Waals surface area (Å²) in [5.41, 5.74) is -0.267. The third-order valence-corrected chi connectivity index (χ3v) is 10.3. The second-order valence-corrected chi connectivity index (χ2v) is 13.2. The number of hydrogen-bond donors (Lipinski definition) is 2. The molecule has 4 aliphatic heterocycles. The van der Waals surface area contributed by atoms with E-state index < -0.39 is 105 Å². The van der Waals surface area contributed by atoms with E-state index in [1.54, 1.807) is 11.9 Å². The molecule has 0 radical (unpaired) electrons. The Morgan fingerprint density at radius 2 is 1.83 bits per heavy atom. The lowest BCUT2D eigenvalue weighted by molar-refractivity contribution is -0.203. The van der Waals surface area contributed by atoms with Gasteiger partial charge in [-0.25, -0.2) is 23.1 Å². The maximum absolute atomic E-state index is 16.7. The van der Waals surface area contributed by atoms with Crippen molar-refractivity contribution in [2.24, 2.45) is 5.41 Å². The van der Waals surface area contributed by atoms with Gasteiger partial charge in [-0.2, -0.15) is 36.3 Å². The van der Waals surface area contributed by atoms with Crippen molar-refractivity contribution in [3.05, 3.63) is 23.1 Å². The molecule has 1 spiro atoms. The molecule has 8 rings (SSSR count). The number of nitrogens with two attached hydrogens (primary N) is 1. The quantitative estimate of drug-likeness (QED) is 0.380. The van der Waals surface area contributed by atoms with Crippen LogP contribution in [-0.4, -0.2) is 94.0 Å². The Balaban J connectivity index is 1.34. The number of alkyl halides is 8. The molecule has 4 fully saturated rings. The van der Waals surface area contributed by atoms with Crippen LogP contribution in [0.4, 0.5) is 51.1 Å². The van der Waals surface area contributed by atoms with E-state index in [-0.39, 0.29) is 38.0 Å². The molecule has 5 aliphatic rings. The summed E-state index contributed by atoms with van der Waals surface area (Å²) in [5, 5.41) is 2.75. The van der Waals surface area contributed by atoms with E-state index in [2.05, 4.69) is 25.3 Å². The molecule has 3 aromatic rings. The highest BCUT2D eigenvalue weighted by molar-refractivity contribution is 5.97. The summed E-state index contributed by atoms with van der Waals surface area (Å²) >= 11 is 0. The van der Waals surface area contributed by atoms with Crippen molar-refractivity contribution in [2.75, 3.05) is 37.4 Å². The Morgan fingerprint density at radius 1 is 1.10 bits per heavy atom. The van der Waals surface area contributed by atoms with Gasteiger partial charge in [-0.15, -0.1) is 0 Å². The first-order valence-corrected chi connectivity index (χ1v) is 15.1. The SMILES string of the molecule is Cc1nc(N)cc(-c2nc3c4c(nc(OC[C@H]5N(C)C[C@]56CC6(F)F)nc4c2F)N2C[C@H]4CC[C@H](N4)[C@H]2C(C(F)(F)F)O3)c1C(F)(F)F. The molecular formula is C29H27F9N8O2. The summed E-state index contributed by atoms with van der Waals surface area (Å²) in [7, 11) is 1.61. The Hall–Kier alpha value is -3.87. The van der Waals surface area contributed by atoms with Gasteiger partial charge in [0.2, 0.25) is 12.0 Å². The van der Waals surface area contributed by atoms with Crippen LogP contribution < -0.4 is 25.4 Å². The summed E-state index contributed by atoms with van der Waals surface area (Å²) in [6.45, 7) is 0.735. The lowest BCUT2D eigenvalue weighted by atomic mass is 9.85. The molecule has 0 aromatic carbocycles. The summed E-state index contributed by atoms with van der Waals surface area (Å²) in [4.78, 5) is 19.0. The average Bonchev–Trinajstić information content (AvgIpc) is 3.40. The Kier molecular flexibility index (Phi) is 6.45. The zero-order valence-corrected chi connectivity index (χ0v) is 25.2. The lowest BCUT2D eigenvalue weighted by Gasteiger charge is -2.46. The molecule has 258 valence electrons. The predicted molar refractivity (Wildman–Crippen MR) is 150 cm³/mol. The van der Waals surface area contributed by atoms with Gasteiger partial charge >= 0.3 is 18.4 Å². The number of ether oxygens (including phenoxy) is 2. The minimum atomic E-state index is -5.10. The van der Waals surface area contributed by atoms with Crippen LogP contribution in [0, 0.1) is 18.2 Å². The van der Waals surface area contributed by atoms with Gasteiger partial charge in [0.05, 0.1) is 28.8 Å². The number of halogens is 9. The molecule has 3 saturated heterocycles. The number of nitrogens with one attached hydrogen (secondary N) is 1. The van der Waals surface area contributed by atoms with E-state index in [9.17, 15) is 35.1 Å². The first-order valence-electron chi connectivity index (χ1n) is 15.1. The van der Waals surface area contributed by atoms with E-state index in [4.69, 9.17) is 15.2 Å². The average molecular weight is 691 g/mol. The Bertz CT molecular complexity index is 1860. The molecular weight excluding hydrogens is 663 g/mol. The third kappa shape index (κ3) is 4.48. The van der Waals surface area contributed by atoms with Crippen LogP contribution in [0.25, 0.3) is 22.2 Å². The molecule has 2 bridgehead atoms. The fraction of sp³-hybridized carbons (Fsp3) is 0.586. The number of hydrogen-bond acceptors (Lipinski definition) is 10. The third-order valence-electron chi connectivity index (χ3n) is 10.3. The van der Waals surface area contributed by atoms with E-state index in [1.807, 2.05) is 0 Å². The Labute approximate surface area is 265 Å². The van der Waals surface area contributed by atoms with E-state index >= 15 is 4.39 Å².